The monoisotopic (exact) mass is 239 g/mol. The molecule has 2 aromatic rings. The second-order valence-electron chi connectivity index (χ2n) is 4.56. The largest absolute Gasteiger partial charge is 0.300 e. The molecule has 0 spiro atoms. The van der Waals surface area contributed by atoms with E-state index < -0.39 is 0 Å². The highest BCUT2D eigenvalue weighted by Crippen LogP contribution is 2.23. The van der Waals surface area contributed by atoms with Crippen LogP contribution >= 0.6 is 0 Å². The number of hydrogen-bond acceptors (Lipinski definition) is 3. The van der Waals surface area contributed by atoms with Crippen molar-refractivity contribution < 1.29 is 0 Å². The first-order chi connectivity index (χ1) is 8.93. The molecule has 1 aromatic heterocycles. The summed E-state index contributed by atoms with van der Waals surface area (Å²) < 4.78 is 0. The number of nitrogens with zero attached hydrogens (tertiary/aromatic N) is 1. The van der Waals surface area contributed by atoms with Gasteiger partial charge in [-0.25, -0.2) is 0 Å². The van der Waals surface area contributed by atoms with Crippen molar-refractivity contribution in [1.82, 2.24) is 15.6 Å². The van der Waals surface area contributed by atoms with Crippen LogP contribution in [0, 0.1) is 0 Å². The van der Waals surface area contributed by atoms with Crippen molar-refractivity contribution >= 4 is 0 Å². The molecule has 0 radical (unpaired) electrons. The molecule has 0 bridgehead atoms. The highest BCUT2D eigenvalue weighted by molar-refractivity contribution is 5.66. The lowest BCUT2D eigenvalue weighted by Crippen LogP contribution is -2.33. The van der Waals surface area contributed by atoms with Crippen molar-refractivity contribution in [3.63, 3.8) is 0 Å². The van der Waals surface area contributed by atoms with Crippen molar-refractivity contribution in [2.45, 2.75) is 12.6 Å². The Kier molecular flexibility index (Phi) is 3.35. The van der Waals surface area contributed by atoms with Gasteiger partial charge in [0.05, 0.1) is 6.17 Å². The lowest BCUT2D eigenvalue weighted by molar-refractivity contribution is 0.552. The first kappa shape index (κ1) is 11.4. The minimum Gasteiger partial charge on any atom is -0.300 e. The second kappa shape index (κ2) is 5.29. The van der Waals surface area contributed by atoms with Gasteiger partial charge < -0.3 is 10.6 Å². The van der Waals surface area contributed by atoms with Crippen molar-refractivity contribution in [2.75, 3.05) is 13.1 Å². The van der Waals surface area contributed by atoms with Gasteiger partial charge in [0.1, 0.15) is 0 Å². The molecule has 0 unspecified atom stereocenters. The minimum atomic E-state index is 0.392. The topological polar surface area (TPSA) is 37.0 Å². The molecule has 0 atom stereocenters. The Balaban J connectivity index is 1.90. The third kappa shape index (κ3) is 2.42. The van der Waals surface area contributed by atoms with Crippen LogP contribution in [0.1, 0.15) is 5.56 Å². The molecule has 0 aliphatic carbocycles. The molecule has 1 saturated heterocycles. The van der Waals surface area contributed by atoms with E-state index in [1.807, 2.05) is 18.5 Å². The SMILES string of the molecule is c1cncc(-c2ccccc2CC2NCCN2)c1. The maximum atomic E-state index is 4.20. The molecular weight excluding hydrogens is 222 g/mol. The van der Waals surface area contributed by atoms with Crippen LogP contribution in [0.3, 0.4) is 0 Å². The molecule has 2 heterocycles. The summed E-state index contributed by atoms with van der Waals surface area (Å²) in [5.41, 5.74) is 3.82. The zero-order chi connectivity index (χ0) is 12.2. The Hall–Kier alpha value is -1.71. The number of aromatic nitrogens is 1. The molecular formula is C15H17N3. The predicted molar refractivity (Wildman–Crippen MR) is 73.2 cm³/mol. The van der Waals surface area contributed by atoms with Crippen LogP contribution in [0.15, 0.2) is 48.8 Å². The van der Waals surface area contributed by atoms with Crippen molar-refractivity contribution in [2.24, 2.45) is 0 Å². The van der Waals surface area contributed by atoms with Crippen LogP contribution in [0.25, 0.3) is 11.1 Å². The van der Waals surface area contributed by atoms with Crippen LogP contribution in [0.5, 0.6) is 0 Å². The smallest absolute Gasteiger partial charge is 0.0614 e. The summed E-state index contributed by atoms with van der Waals surface area (Å²) in [5.74, 6) is 0. The maximum Gasteiger partial charge on any atom is 0.0614 e. The Morgan fingerprint density at radius 2 is 1.89 bits per heavy atom. The summed E-state index contributed by atoms with van der Waals surface area (Å²) in [7, 11) is 0. The fraction of sp³-hybridized carbons (Fsp3) is 0.267. The summed E-state index contributed by atoms with van der Waals surface area (Å²) in [6.07, 6.45) is 5.13. The molecule has 3 rings (SSSR count). The molecule has 3 heteroatoms. The zero-order valence-corrected chi connectivity index (χ0v) is 10.3. The Morgan fingerprint density at radius 1 is 1.06 bits per heavy atom. The second-order valence-corrected chi connectivity index (χ2v) is 4.56. The standard InChI is InChI=1S/C15H17N3/c1-2-6-14(13-5-3-7-16-11-13)12(4-1)10-15-17-8-9-18-15/h1-7,11,15,17-18H,8-10H2. The quantitative estimate of drug-likeness (QED) is 0.857. The van der Waals surface area contributed by atoms with Gasteiger partial charge in [-0.3, -0.25) is 4.98 Å². The molecule has 0 saturated carbocycles. The highest BCUT2D eigenvalue weighted by Gasteiger charge is 2.15. The zero-order valence-electron chi connectivity index (χ0n) is 10.3. The Labute approximate surface area is 107 Å². The van der Waals surface area contributed by atoms with Crippen LogP contribution in [-0.4, -0.2) is 24.2 Å². The summed E-state index contributed by atoms with van der Waals surface area (Å²) in [5, 5.41) is 6.91. The van der Waals surface area contributed by atoms with E-state index in [9.17, 15) is 0 Å². The first-order valence-electron chi connectivity index (χ1n) is 6.38. The van der Waals surface area contributed by atoms with Crippen LogP contribution in [-0.2, 0) is 6.42 Å². The molecule has 1 fully saturated rings. The van der Waals surface area contributed by atoms with Crippen LogP contribution in [0.4, 0.5) is 0 Å². The average molecular weight is 239 g/mol. The fourth-order valence-corrected chi connectivity index (χ4v) is 2.43. The number of benzene rings is 1. The molecule has 1 aliphatic heterocycles. The van der Waals surface area contributed by atoms with Gasteiger partial charge in [0, 0.05) is 37.5 Å². The summed E-state index contributed by atoms with van der Waals surface area (Å²) >= 11 is 0. The van der Waals surface area contributed by atoms with E-state index in [2.05, 4.69) is 45.9 Å². The van der Waals surface area contributed by atoms with Crippen LogP contribution in [0.2, 0.25) is 0 Å². The van der Waals surface area contributed by atoms with E-state index in [4.69, 9.17) is 0 Å². The first-order valence-corrected chi connectivity index (χ1v) is 6.38. The summed E-state index contributed by atoms with van der Waals surface area (Å²) in [4.78, 5) is 4.20. The van der Waals surface area contributed by atoms with E-state index >= 15 is 0 Å². The Bertz CT molecular complexity index is 504. The van der Waals surface area contributed by atoms with E-state index in [0.29, 0.717) is 6.17 Å². The van der Waals surface area contributed by atoms with Crippen LogP contribution < -0.4 is 10.6 Å². The third-order valence-electron chi connectivity index (χ3n) is 3.32. The highest BCUT2D eigenvalue weighted by atomic mass is 15.2. The molecule has 3 nitrogen and oxygen atoms in total. The van der Waals surface area contributed by atoms with Gasteiger partial charge in [-0.1, -0.05) is 30.3 Å². The van der Waals surface area contributed by atoms with Gasteiger partial charge in [-0.2, -0.15) is 0 Å². The van der Waals surface area contributed by atoms with Crippen molar-refractivity contribution in [3.8, 4) is 11.1 Å². The predicted octanol–water partition coefficient (Wildman–Crippen LogP) is 1.81. The molecule has 92 valence electrons. The van der Waals surface area contributed by atoms with E-state index in [0.717, 1.165) is 19.5 Å². The summed E-state index contributed by atoms with van der Waals surface area (Å²) in [6, 6.07) is 12.6. The lowest BCUT2D eigenvalue weighted by Gasteiger charge is -2.14. The molecule has 1 aromatic carbocycles. The normalized spacial score (nSPS) is 16.0. The Morgan fingerprint density at radius 3 is 2.67 bits per heavy atom. The van der Waals surface area contributed by atoms with Gasteiger partial charge in [0.15, 0.2) is 0 Å². The number of hydrogen-bond donors (Lipinski definition) is 2. The van der Waals surface area contributed by atoms with Gasteiger partial charge in [-0.05, 0) is 17.2 Å². The number of nitrogens with one attached hydrogen (secondary N) is 2. The summed E-state index contributed by atoms with van der Waals surface area (Å²) in [6.45, 7) is 2.11. The maximum absolute atomic E-state index is 4.20. The van der Waals surface area contributed by atoms with E-state index in [-0.39, 0.29) is 0 Å². The van der Waals surface area contributed by atoms with E-state index in [1.165, 1.54) is 16.7 Å². The number of pyridine rings is 1. The van der Waals surface area contributed by atoms with Gasteiger partial charge in [0.25, 0.3) is 0 Å². The number of rotatable bonds is 3. The molecule has 0 amide bonds. The van der Waals surface area contributed by atoms with E-state index in [1.54, 1.807) is 0 Å². The van der Waals surface area contributed by atoms with Gasteiger partial charge in [-0.15, -0.1) is 0 Å². The van der Waals surface area contributed by atoms with Crippen molar-refractivity contribution in [1.29, 1.82) is 0 Å². The third-order valence-corrected chi connectivity index (χ3v) is 3.32. The van der Waals surface area contributed by atoms with Crippen molar-refractivity contribution in [3.05, 3.63) is 54.4 Å². The lowest BCUT2D eigenvalue weighted by atomic mass is 9.98. The van der Waals surface area contributed by atoms with Gasteiger partial charge >= 0.3 is 0 Å². The average Bonchev–Trinajstić information content (AvgIpc) is 2.93. The minimum absolute atomic E-state index is 0.392. The van der Waals surface area contributed by atoms with Gasteiger partial charge in [0.2, 0.25) is 0 Å². The molecule has 18 heavy (non-hydrogen) atoms. The molecule has 2 N–H and O–H groups in total. The molecule has 1 aliphatic rings. The fourth-order valence-electron chi connectivity index (χ4n) is 2.43.